The maximum atomic E-state index is 13.2. The van der Waals surface area contributed by atoms with Gasteiger partial charge in [0, 0.05) is 48.4 Å². The van der Waals surface area contributed by atoms with E-state index in [4.69, 9.17) is 4.98 Å². The van der Waals surface area contributed by atoms with Gasteiger partial charge in [0.05, 0.1) is 13.1 Å². The molecule has 2 atom stereocenters. The van der Waals surface area contributed by atoms with Crippen molar-refractivity contribution in [1.29, 1.82) is 0 Å². The van der Waals surface area contributed by atoms with E-state index in [0.29, 0.717) is 42.0 Å². The van der Waals surface area contributed by atoms with Gasteiger partial charge in [-0.15, -0.1) is 0 Å². The molecule has 4 aromatic rings. The summed E-state index contributed by atoms with van der Waals surface area (Å²) in [6, 6.07) is 8.55. The zero-order valence-electron chi connectivity index (χ0n) is 22.7. The van der Waals surface area contributed by atoms with Gasteiger partial charge in [0.25, 0.3) is 5.56 Å². The highest BCUT2D eigenvalue weighted by atomic mass is 16.2. The second kappa shape index (κ2) is 10.6. The van der Waals surface area contributed by atoms with Gasteiger partial charge in [-0.05, 0) is 62.0 Å². The maximum Gasteiger partial charge on any atom is 0.332 e. The van der Waals surface area contributed by atoms with Crippen molar-refractivity contribution in [2.75, 3.05) is 13.1 Å². The number of aromatic amines is 2. The van der Waals surface area contributed by atoms with E-state index in [0.717, 1.165) is 50.4 Å². The summed E-state index contributed by atoms with van der Waals surface area (Å²) in [4.78, 5) is 37.9. The third kappa shape index (κ3) is 4.42. The quantitative estimate of drug-likeness (QED) is 0.280. The monoisotopic (exact) mass is 517 g/mol. The number of H-pyrrole nitrogens is 2. The molecule has 0 radical (unpaired) electrons. The molecule has 2 fully saturated rings. The Hall–Kier alpha value is -3.13. The molecule has 0 amide bonds. The summed E-state index contributed by atoms with van der Waals surface area (Å²) in [6.45, 7) is 7.38. The van der Waals surface area contributed by atoms with E-state index >= 15 is 0 Å². The second-order valence-electron chi connectivity index (χ2n) is 11.6. The summed E-state index contributed by atoms with van der Waals surface area (Å²) < 4.78 is 3.09. The molecule has 3 aromatic heterocycles. The Kier molecular flexibility index (Phi) is 6.99. The SMILES string of the molecule is CCCn1c(=O)c2[nH]c(C3CC4CCC(C3)C4C[NH2+]CCc3c[nH]c4ccccc34)nc2n(CCC)c1=O. The summed E-state index contributed by atoms with van der Waals surface area (Å²) in [5.74, 6) is 3.44. The fourth-order valence-electron chi connectivity index (χ4n) is 7.39. The number of para-hydroxylation sites is 1. The summed E-state index contributed by atoms with van der Waals surface area (Å²) in [7, 11) is 0. The van der Waals surface area contributed by atoms with Gasteiger partial charge in [0.15, 0.2) is 5.65 Å². The van der Waals surface area contributed by atoms with Crippen LogP contribution in [0.25, 0.3) is 22.1 Å². The molecular weight excluding hydrogens is 476 g/mol. The second-order valence-corrected chi connectivity index (χ2v) is 11.6. The Morgan fingerprint density at radius 3 is 2.53 bits per heavy atom. The van der Waals surface area contributed by atoms with Crippen molar-refractivity contribution in [1.82, 2.24) is 24.1 Å². The molecule has 2 saturated carbocycles. The first-order valence-electron chi connectivity index (χ1n) is 14.7. The first kappa shape index (κ1) is 25.2. The van der Waals surface area contributed by atoms with Crippen LogP contribution < -0.4 is 16.6 Å². The summed E-state index contributed by atoms with van der Waals surface area (Å²) in [5.41, 5.74) is 3.23. The average Bonchev–Trinajstić information content (AvgIpc) is 3.61. The minimum atomic E-state index is -0.226. The van der Waals surface area contributed by atoms with Crippen molar-refractivity contribution in [3.63, 3.8) is 0 Å². The fraction of sp³-hybridized carbons (Fsp3) is 0.567. The molecule has 2 aliphatic carbocycles. The number of hydrogen-bond donors (Lipinski definition) is 3. The highest BCUT2D eigenvalue weighted by Crippen LogP contribution is 2.51. The number of aromatic nitrogens is 5. The Labute approximate surface area is 222 Å². The molecule has 1 aromatic carbocycles. The number of rotatable bonds is 10. The smallest absolute Gasteiger partial charge is 0.332 e. The third-order valence-electron chi connectivity index (χ3n) is 9.19. The normalized spacial score (nSPS) is 23.1. The lowest BCUT2D eigenvalue weighted by molar-refractivity contribution is -0.661. The standard InChI is InChI=1S/C30H40N6O2/c1-3-13-35-28-26(29(37)36(14-4-2)30(35)38)33-27(34-28)22-15-19-9-10-20(16-22)24(19)18-31-12-11-21-17-32-25-8-6-5-7-23(21)25/h5-8,17,19-20,22,24,31-32H,3-4,9-16,18H2,1-2H3,(H,33,34)/p+1. The van der Waals surface area contributed by atoms with Gasteiger partial charge in [-0.25, -0.2) is 9.78 Å². The maximum absolute atomic E-state index is 13.2. The van der Waals surface area contributed by atoms with E-state index in [1.807, 2.05) is 6.92 Å². The first-order chi connectivity index (χ1) is 18.6. The van der Waals surface area contributed by atoms with Crippen LogP contribution in [0, 0.1) is 17.8 Å². The highest BCUT2D eigenvalue weighted by molar-refractivity contribution is 5.83. The Morgan fingerprint density at radius 1 is 1.03 bits per heavy atom. The zero-order chi connectivity index (χ0) is 26.2. The summed E-state index contributed by atoms with van der Waals surface area (Å²) >= 11 is 0. The lowest BCUT2D eigenvalue weighted by Gasteiger charge is -2.33. The van der Waals surface area contributed by atoms with Crippen LogP contribution in [0.15, 0.2) is 40.1 Å². The van der Waals surface area contributed by atoms with E-state index in [-0.39, 0.29) is 11.2 Å². The van der Waals surface area contributed by atoms with Crippen LogP contribution in [-0.2, 0) is 19.5 Å². The van der Waals surface area contributed by atoms with Crippen LogP contribution in [0.1, 0.15) is 69.7 Å². The molecule has 2 unspecified atom stereocenters. The van der Waals surface area contributed by atoms with Crippen LogP contribution >= 0.6 is 0 Å². The average molecular weight is 518 g/mol. The van der Waals surface area contributed by atoms with Gasteiger partial charge in [0.2, 0.25) is 0 Å². The molecule has 0 spiro atoms. The van der Waals surface area contributed by atoms with Gasteiger partial charge < -0.3 is 15.3 Å². The van der Waals surface area contributed by atoms with Crippen molar-refractivity contribution >= 4 is 22.1 Å². The van der Waals surface area contributed by atoms with E-state index in [1.165, 1.54) is 40.4 Å². The van der Waals surface area contributed by atoms with Gasteiger partial charge >= 0.3 is 5.69 Å². The number of quaternary nitrogens is 1. The number of fused-ring (bicyclic) bond motifs is 4. The topological polar surface area (TPSA) is 105 Å². The van der Waals surface area contributed by atoms with E-state index in [2.05, 4.69) is 52.7 Å². The molecule has 2 bridgehead atoms. The van der Waals surface area contributed by atoms with Crippen molar-refractivity contribution in [3.05, 3.63) is 62.7 Å². The number of nitrogens with two attached hydrogens (primary N) is 1. The van der Waals surface area contributed by atoms with Crippen molar-refractivity contribution in [2.24, 2.45) is 17.8 Å². The molecule has 6 rings (SSSR count). The minimum Gasteiger partial charge on any atom is -0.361 e. The van der Waals surface area contributed by atoms with E-state index < -0.39 is 0 Å². The van der Waals surface area contributed by atoms with Crippen LogP contribution in [0.4, 0.5) is 0 Å². The van der Waals surface area contributed by atoms with E-state index in [9.17, 15) is 9.59 Å². The molecule has 38 heavy (non-hydrogen) atoms. The Morgan fingerprint density at radius 2 is 1.76 bits per heavy atom. The van der Waals surface area contributed by atoms with Crippen molar-refractivity contribution in [3.8, 4) is 0 Å². The lowest BCUT2D eigenvalue weighted by atomic mass is 9.73. The summed E-state index contributed by atoms with van der Waals surface area (Å²) in [6.07, 6.45) is 9.67. The van der Waals surface area contributed by atoms with Crippen LogP contribution in [0.5, 0.6) is 0 Å². The molecule has 0 saturated heterocycles. The molecule has 0 aliphatic heterocycles. The van der Waals surface area contributed by atoms with Crippen LogP contribution in [0.3, 0.4) is 0 Å². The molecule has 3 heterocycles. The lowest BCUT2D eigenvalue weighted by Crippen LogP contribution is -2.86. The predicted octanol–water partition coefficient (Wildman–Crippen LogP) is 3.51. The van der Waals surface area contributed by atoms with Gasteiger partial charge in [-0.1, -0.05) is 32.0 Å². The highest BCUT2D eigenvalue weighted by Gasteiger charge is 2.44. The van der Waals surface area contributed by atoms with Crippen LogP contribution in [-0.4, -0.2) is 37.2 Å². The predicted molar refractivity (Wildman–Crippen MR) is 151 cm³/mol. The van der Waals surface area contributed by atoms with Gasteiger partial charge in [-0.2, -0.15) is 0 Å². The van der Waals surface area contributed by atoms with Gasteiger partial charge in [-0.3, -0.25) is 13.9 Å². The Bertz CT molecular complexity index is 1530. The largest absolute Gasteiger partial charge is 0.361 e. The van der Waals surface area contributed by atoms with Crippen LogP contribution in [0.2, 0.25) is 0 Å². The summed E-state index contributed by atoms with van der Waals surface area (Å²) in [5, 5.41) is 3.87. The van der Waals surface area contributed by atoms with Crippen molar-refractivity contribution < 1.29 is 5.32 Å². The molecule has 4 N–H and O–H groups in total. The fourth-order valence-corrected chi connectivity index (χ4v) is 7.39. The number of benzene rings is 1. The molecule has 8 nitrogen and oxygen atoms in total. The molecule has 8 heteroatoms. The van der Waals surface area contributed by atoms with E-state index in [1.54, 1.807) is 4.57 Å². The Balaban J connectivity index is 1.14. The number of imidazole rings is 1. The molecule has 202 valence electrons. The number of nitrogens with zero attached hydrogens (tertiary/aromatic N) is 3. The number of hydrogen-bond acceptors (Lipinski definition) is 3. The first-order valence-corrected chi connectivity index (χ1v) is 14.7. The molecule has 2 aliphatic rings. The minimum absolute atomic E-state index is 0.223. The van der Waals surface area contributed by atoms with Gasteiger partial charge in [0.1, 0.15) is 11.3 Å². The molecular formula is C30H41N6O2+. The number of nitrogens with one attached hydrogen (secondary N) is 2. The number of aryl methyl sites for hydroxylation is 1. The zero-order valence-corrected chi connectivity index (χ0v) is 22.7. The third-order valence-corrected chi connectivity index (χ3v) is 9.19. The van der Waals surface area contributed by atoms with Crippen molar-refractivity contribution in [2.45, 2.75) is 77.8 Å².